The van der Waals surface area contributed by atoms with E-state index in [0.29, 0.717) is 24.1 Å². The third-order valence-corrected chi connectivity index (χ3v) is 13.6. The Balaban J connectivity index is 4.10. The van der Waals surface area contributed by atoms with Crippen molar-refractivity contribution in [2.75, 3.05) is 54.1 Å². The number of allylic oxidation sites excluding steroid dienone is 16. The highest BCUT2D eigenvalue weighted by Gasteiger charge is 2.20. The fraction of sp³-hybridized carbons (Fsp3) is 0.734. The van der Waals surface area contributed by atoms with Crippen molar-refractivity contribution in [2.24, 2.45) is 0 Å². The number of carbonyl (C=O) groups excluding carboxylic acids is 1. The monoisotopic (exact) mass is 1040 g/mol. The van der Waals surface area contributed by atoms with Gasteiger partial charge in [-0.25, -0.2) is 0 Å². The number of quaternary nitrogens is 1. The topological polar surface area (TPSA) is 94.1 Å². The van der Waals surface area contributed by atoms with Gasteiger partial charge in [0.15, 0.2) is 0 Å². The first-order valence-corrected chi connectivity index (χ1v) is 31.4. The van der Waals surface area contributed by atoms with E-state index < -0.39 is 13.9 Å². The van der Waals surface area contributed by atoms with Crippen LogP contribution in [-0.4, -0.2) is 70.7 Å². The molecule has 0 N–H and O–H groups in total. The lowest BCUT2D eigenvalue weighted by Gasteiger charge is -2.28. The number of nitrogens with zero attached hydrogens (tertiary/aromatic N) is 1. The van der Waals surface area contributed by atoms with Crippen LogP contribution < -0.4 is 4.89 Å². The molecule has 422 valence electrons. The molecule has 0 saturated carbocycles. The average molecular weight is 1040 g/mol. The summed E-state index contributed by atoms with van der Waals surface area (Å²) in [7, 11) is 1.34. The van der Waals surface area contributed by atoms with E-state index in [2.05, 4.69) is 111 Å². The van der Waals surface area contributed by atoms with Gasteiger partial charge in [0.1, 0.15) is 19.3 Å². The van der Waals surface area contributed by atoms with Gasteiger partial charge < -0.3 is 27.9 Å². The number of carbonyl (C=O) groups is 1. The second-order valence-corrected chi connectivity index (χ2v) is 22.4. The minimum Gasteiger partial charge on any atom is -0.756 e. The number of ether oxygens (including phenoxy) is 2. The highest BCUT2D eigenvalue weighted by Crippen LogP contribution is 2.38. The number of esters is 1. The zero-order valence-corrected chi connectivity index (χ0v) is 49.0. The van der Waals surface area contributed by atoms with Crippen LogP contribution in [0.4, 0.5) is 0 Å². The van der Waals surface area contributed by atoms with Crippen LogP contribution >= 0.6 is 7.82 Å². The number of rotatable bonds is 55. The van der Waals surface area contributed by atoms with Crippen LogP contribution in [0.25, 0.3) is 0 Å². The second-order valence-electron chi connectivity index (χ2n) is 21.0. The van der Waals surface area contributed by atoms with Crippen LogP contribution in [0.1, 0.15) is 245 Å². The lowest BCUT2D eigenvalue weighted by Crippen LogP contribution is -2.37. The van der Waals surface area contributed by atoms with Gasteiger partial charge >= 0.3 is 5.97 Å². The highest BCUT2D eigenvalue weighted by atomic mass is 31.2. The molecule has 0 spiro atoms. The molecule has 0 aliphatic carbocycles. The molecule has 8 nitrogen and oxygen atoms in total. The predicted octanol–water partition coefficient (Wildman–Crippen LogP) is 18.7. The molecule has 0 heterocycles. The molecule has 0 aromatic rings. The molecule has 9 heteroatoms. The Morgan fingerprint density at radius 2 is 0.795 bits per heavy atom. The standard InChI is InChI=1S/C64H114NO7P/c1-6-8-10-12-14-16-18-20-22-24-26-28-30-32-34-36-38-40-42-44-46-48-50-52-54-56-59-69-61-63(62-71-73(67,68)70-60-58-65(3,4)5)72-64(66)57-55-53-51-49-47-45-43-41-39-37-35-33-31-29-27-25-23-21-19-17-15-13-11-9-7-2/h9,11,15,17-18,20-21,23-24,26-27,29-30,32-33,35,63H,6-8,10,12-14,16,19,22,25,28,31,34,36-62H2,1-5H3/b11-9-,17-15-,20-18-,23-21-,26-24-,29-27-,32-30-,35-33-. The zero-order chi connectivity index (χ0) is 53.3. The normalized spacial score (nSPS) is 14.1. The first-order valence-electron chi connectivity index (χ1n) is 30.0. The van der Waals surface area contributed by atoms with Gasteiger partial charge in [0.2, 0.25) is 0 Å². The van der Waals surface area contributed by atoms with Crippen molar-refractivity contribution in [3.8, 4) is 0 Å². The molecular formula is C64H114NO7P. The SMILES string of the molecule is CC/C=C\C/C=C\C/C=C\C/C=C\C/C=C\CCCCCCCCCCCC(=O)OC(COCCCCCCCCCCCCC/C=C\C/C=C\C/C=C\CCCCCCC)COP(=O)([O-])OCC[N+](C)(C)C. The van der Waals surface area contributed by atoms with Crippen LogP contribution in [0.15, 0.2) is 97.2 Å². The van der Waals surface area contributed by atoms with Crippen molar-refractivity contribution in [3.63, 3.8) is 0 Å². The van der Waals surface area contributed by atoms with E-state index in [-0.39, 0.29) is 25.8 Å². The number of likely N-dealkylation sites (N-methyl/N-ethyl adjacent to an activating group) is 1. The molecule has 0 saturated heterocycles. The van der Waals surface area contributed by atoms with Crippen LogP contribution in [0, 0.1) is 0 Å². The maximum Gasteiger partial charge on any atom is 0.306 e. The van der Waals surface area contributed by atoms with Gasteiger partial charge in [0.25, 0.3) is 7.82 Å². The number of phosphoric ester groups is 1. The van der Waals surface area contributed by atoms with E-state index in [0.717, 1.165) is 83.5 Å². The van der Waals surface area contributed by atoms with Crippen molar-refractivity contribution in [2.45, 2.75) is 251 Å². The summed E-state index contributed by atoms with van der Waals surface area (Å²) < 4.78 is 34.9. The Morgan fingerprint density at radius 1 is 0.438 bits per heavy atom. The van der Waals surface area contributed by atoms with Gasteiger partial charge in [0, 0.05) is 13.0 Å². The summed E-state index contributed by atoms with van der Waals surface area (Å²) >= 11 is 0. The summed E-state index contributed by atoms with van der Waals surface area (Å²) in [6.45, 7) is 5.28. The molecule has 0 fully saturated rings. The Kier molecular flexibility index (Phi) is 53.7. The molecule has 2 unspecified atom stereocenters. The van der Waals surface area contributed by atoms with Crippen LogP contribution in [0.2, 0.25) is 0 Å². The van der Waals surface area contributed by atoms with Crippen molar-refractivity contribution >= 4 is 13.8 Å². The highest BCUT2D eigenvalue weighted by molar-refractivity contribution is 7.45. The van der Waals surface area contributed by atoms with Gasteiger partial charge in [-0.2, -0.15) is 0 Å². The molecule has 0 aromatic carbocycles. The number of unbranched alkanes of at least 4 members (excludes halogenated alkanes) is 25. The summed E-state index contributed by atoms with van der Waals surface area (Å²) in [4.78, 5) is 25.3. The summed E-state index contributed by atoms with van der Waals surface area (Å²) in [6, 6.07) is 0. The molecule has 0 aromatic heterocycles. The third-order valence-electron chi connectivity index (χ3n) is 12.6. The van der Waals surface area contributed by atoms with E-state index in [9.17, 15) is 14.3 Å². The Labute approximate surface area is 451 Å². The maximum atomic E-state index is 12.8. The van der Waals surface area contributed by atoms with Gasteiger partial charge in [-0.1, -0.05) is 239 Å². The second kappa shape index (κ2) is 55.6. The van der Waals surface area contributed by atoms with E-state index in [1.165, 1.54) is 141 Å². The molecular weight excluding hydrogens is 926 g/mol. The van der Waals surface area contributed by atoms with Gasteiger partial charge in [-0.3, -0.25) is 9.36 Å². The molecule has 0 aliphatic rings. The Hall–Kier alpha value is -2.58. The lowest BCUT2D eigenvalue weighted by molar-refractivity contribution is -0.870. The van der Waals surface area contributed by atoms with Crippen molar-refractivity contribution in [1.29, 1.82) is 0 Å². The summed E-state index contributed by atoms with van der Waals surface area (Å²) in [5.41, 5.74) is 0. The quantitative estimate of drug-likeness (QED) is 0.0197. The van der Waals surface area contributed by atoms with E-state index in [1.807, 2.05) is 21.1 Å². The maximum absolute atomic E-state index is 12.8. The first kappa shape index (κ1) is 70.4. The zero-order valence-electron chi connectivity index (χ0n) is 48.1. The minimum absolute atomic E-state index is 0.0197. The number of phosphoric acid groups is 1. The molecule has 73 heavy (non-hydrogen) atoms. The van der Waals surface area contributed by atoms with E-state index >= 15 is 0 Å². The Bertz CT molecular complexity index is 1490. The number of hydrogen-bond acceptors (Lipinski definition) is 7. The largest absolute Gasteiger partial charge is 0.756 e. The smallest absolute Gasteiger partial charge is 0.306 e. The van der Waals surface area contributed by atoms with Gasteiger partial charge in [-0.15, -0.1) is 0 Å². The predicted molar refractivity (Wildman–Crippen MR) is 314 cm³/mol. The van der Waals surface area contributed by atoms with E-state index in [4.69, 9.17) is 18.5 Å². The van der Waals surface area contributed by atoms with Crippen molar-refractivity contribution in [1.82, 2.24) is 0 Å². The van der Waals surface area contributed by atoms with Crippen molar-refractivity contribution < 1.29 is 37.3 Å². The fourth-order valence-electron chi connectivity index (χ4n) is 8.05. The summed E-state index contributed by atoms with van der Waals surface area (Å²) in [5, 5.41) is 0. The van der Waals surface area contributed by atoms with Crippen LogP contribution in [0.3, 0.4) is 0 Å². The van der Waals surface area contributed by atoms with Crippen molar-refractivity contribution in [3.05, 3.63) is 97.2 Å². The van der Waals surface area contributed by atoms with Crippen LogP contribution in [-0.2, 0) is 27.9 Å². The molecule has 0 bridgehead atoms. The van der Waals surface area contributed by atoms with Gasteiger partial charge in [0.05, 0.1) is 34.4 Å². The fourth-order valence-corrected chi connectivity index (χ4v) is 8.78. The first-order chi connectivity index (χ1) is 35.6. The van der Waals surface area contributed by atoms with Gasteiger partial charge in [-0.05, 0) is 96.3 Å². The Morgan fingerprint density at radius 3 is 1.19 bits per heavy atom. The molecule has 0 radical (unpaired) electrons. The molecule has 0 amide bonds. The van der Waals surface area contributed by atoms with Crippen LogP contribution in [0.5, 0.6) is 0 Å². The lowest BCUT2D eigenvalue weighted by atomic mass is 10.1. The van der Waals surface area contributed by atoms with E-state index in [1.54, 1.807) is 0 Å². The summed E-state index contributed by atoms with van der Waals surface area (Å²) in [6.07, 6.45) is 77.3. The minimum atomic E-state index is -4.55. The average Bonchev–Trinajstić information content (AvgIpc) is 3.35. The summed E-state index contributed by atoms with van der Waals surface area (Å²) in [5.74, 6) is -0.343. The number of hydrogen-bond donors (Lipinski definition) is 0. The molecule has 0 rings (SSSR count). The molecule has 0 aliphatic heterocycles. The third kappa shape index (κ3) is 60.2. The molecule has 2 atom stereocenters.